The van der Waals surface area contributed by atoms with Crippen LogP contribution in [0.25, 0.3) is 11.4 Å². The highest BCUT2D eigenvalue weighted by Crippen LogP contribution is 2.44. The molecule has 4 nitrogen and oxygen atoms in total. The van der Waals surface area contributed by atoms with Gasteiger partial charge in [-0.3, -0.25) is 4.98 Å². The van der Waals surface area contributed by atoms with Crippen LogP contribution in [-0.4, -0.2) is 21.5 Å². The minimum atomic E-state index is 0.559. The summed E-state index contributed by atoms with van der Waals surface area (Å²) in [6, 6.07) is 2.00. The largest absolute Gasteiger partial charge is 0.369 e. The second kappa shape index (κ2) is 6.40. The molecule has 2 aromatic rings. The number of rotatable bonds is 5. The molecule has 1 fully saturated rings. The van der Waals surface area contributed by atoms with Crippen molar-refractivity contribution in [2.75, 3.05) is 11.9 Å². The highest BCUT2D eigenvalue weighted by molar-refractivity contribution is 9.11. The lowest BCUT2D eigenvalue weighted by atomic mass is 10.2. The summed E-state index contributed by atoms with van der Waals surface area (Å²) in [6.07, 6.45) is 7.04. The van der Waals surface area contributed by atoms with Gasteiger partial charge in [0.15, 0.2) is 5.82 Å². The Balaban J connectivity index is 2.05. The lowest BCUT2D eigenvalue weighted by Crippen LogP contribution is -2.07. The Bertz CT molecular complexity index is 656. The van der Waals surface area contributed by atoms with Crippen LogP contribution < -0.4 is 5.32 Å². The number of halogens is 2. The Hall–Kier alpha value is -1.01. The van der Waals surface area contributed by atoms with E-state index in [2.05, 4.69) is 54.1 Å². The first-order chi connectivity index (χ1) is 10.2. The van der Waals surface area contributed by atoms with Gasteiger partial charge in [0, 0.05) is 34.9 Å². The van der Waals surface area contributed by atoms with E-state index in [1.54, 1.807) is 12.4 Å². The van der Waals surface area contributed by atoms with Gasteiger partial charge in [-0.1, -0.05) is 6.92 Å². The average Bonchev–Trinajstić information content (AvgIpc) is 3.31. The van der Waals surface area contributed by atoms with Gasteiger partial charge >= 0.3 is 0 Å². The molecule has 0 aromatic carbocycles. The molecule has 2 heterocycles. The van der Waals surface area contributed by atoms with Crippen molar-refractivity contribution in [1.82, 2.24) is 15.0 Å². The monoisotopic (exact) mass is 410 g/mol. The van der Waals surface area contributed by atoms with Crippen LogP contribution in [0.1, 0.15) is 37.8 Å². The molecule has 0 atom stereocenters. The van der Waals surface area contributed by atoms with Crippen LogP contribution in [0.3, 0.4) is 0 Å². The third kappa shape index (κ3) is 3.43. The molecule has 1 aliphatic rings. The molecule has 0 radical (unpaired) electrons. The van der Waals surface area contributed by atoms with Gasteiger partial charge < -0.3 is 5.32 Å². The van der Waals surface area contributed by atoms with Crippen molar-refractivity contribution in [3.05, 3.63) is 33.1 Å². The predicted octanol–water partition coefficient (Wildman–Crippen LogP) is 4.76. The van der Waals surface area contributed by atoms with Gasteiger partial charge in [0.05, 0.1) is 10.2 Å². The summed E-state index contributed by atoms with van der Waals surface area (Å²) >= 11 is 7.11. The summed E-state index contributed by atoms with van der Waals surface area (Å²) in [5.41, 5.74) is 2.04. The molecule has 0 bridgehead atoms. The van der Waals surface area contributed by atoms with Crippen molar-refractivity contribution in [1.29, 1.82) is 0 Å². The third-order valence-corrected chi connectivity index (χ3v) is 4.56. The molecule has 0 aliphatic heterocycles. The highest BCUT2D eigenvalue weighted by Gasteiger charge is 2.29. The minimum absolute atomic E-state index is 0.559. The Morgan fingerprint density at radius 1 is 1.24 bits per heavy atom. The van der Waals surface area contributed by atoms with E-state index >= 15 is 0 Å². The molecule has 2 aromatic heterocycles. The lowest BCUT2D eigenvalue weighted by molar-refractivity contribution is 0.939. The second-order valence-electron chi connectivity index (χ2n) is 5.19. The standard InChI is InChI=1S/C15H16Br2N4/c1-2-5-19-15-12(17)13(9-3-4-9)20-14(21-15)10-6-11(16)8-18-7-10/h6-9H,2-5H2,1H3,(H,19,20,21). The summed E-state index contributed by atoms with van der Waals surface area (Å²) < 4.78 is 1.94. The maximum Gasteiger partial charge on any atom is 0.163 e. The van der Waals surface area contributed by atoms with Crippen LogP contribution in [0.4, 0.5) is 5.82 Å². The molecule has 0 amide bonds. The van der Waals surface area contributed by atoms with Crippen LogP contribution in [0.2, 0.25) is 0 Å². The van der Waals surface area contributed by atoms with Crippen molar-refractivity contribution in [2.45, 2.75) is 32.1 Å². The minimum Gasteiger partial charge on any atom is -0.369 e. The first-order valence-corrected chi connectivity index (χ1v) is 8.70. The fourth-order valence-electron chi connectivity index (χ4n) is 2.12. The van der Waals surface area contributed by atoms with E-state index < -0.39 is 0 Å². The van der Waals surface area contributed by atoms with Gasteiger partial charge in [-0.25, -0.2) is 9.97 Å². The van der Waals surface area contributed by atoms with E-state index in [1.165, 1.54) is 12.8 Å². The maximum atomic E-state index is 4.76. The third-order valence-electron chi connectivity index (χ3n) is 3.35. The van der Waals surface area contributed by atoms with Crippen molar-refractivity contribution in [2.24, 2.45) is 0 Å². The molecule has 0 saturated heterocycles. The van der Waals surface area contributed by atoms with Crippen LogP contribution >= 0.6 is 31.9 Å². The van der Waals surface area contributed by atoms with Crippen LogP contribution in [0, 0.1) is 0 Å². The summed E-state index contributed by atoms with van der Waals surface area (Å²) in [4.78, 5) is 13.6. The molecule has 1 aliphatic carbocycles. The molecule has 1 saturated carbocycles. The summed E-state index contributed by atoms with van der Waals surface area (Å²) in [7, 11) is 0. The fraction of sp³-hybridized carbons (Fsp3) is 0.400. The molecule has 21 heavy (non-hydrogen) atoms. The number of pyridine rings is 1. The zero-order valence-electron chi connectivity index (χ0n) is 11.7. The number of anilines is 1. The first-order valence-electron chi connectivity index (χ1n) is 7.11. The van der Waals surface area contributed by atoms with Crippen molar-refractivity contribution in [3.63, 3.8) is 0 Å². The van der Waals surface area contributed by atoms with E-state index in [-0.39, 0.29) is 0 Å². The fourth-order valence-corrected chi connectivity index (χ4v) is 3.12. The Labute approximate surface area is 141 Å². The van der Waals surface area contributed by atoms with Crippen LogP contribution in [0.15, 0.2) is 27.4 Å². The molecular formula is C15H16Br2N4. The number of hydrogen-bond donors (Lipinski definition) is 1. The number of nitrogens with zero attached hydrogens (tertiary/aromatic N) is 3. The molecule has 0 spiro atoms. The molecule has 110 valence electrons. The van der Waals surface area contributed by atoms with E-state index in [0.29, 0.717) is 5.92 Å². The van der Waals surface area contributed by atoms with Gasteiger partial charge in [-0.05, 0) is 57.2 Å². The van der Waals surface area contributed by atoms with Gasteiger partial charge in [0.25, 0.3) is 0 Å². The lowest BCUT2D eigenvalue weighted by Gasteiger charge is -2.12. The highest BCUT2D eigenvalue weighted by atomic mass is 79.9. The van der Waals surface area contributed by atoms with Gasteiger partial charge in [-0.2, -0.15) is 0 Å². The average molecular weight is 412 g/mol. The van der Waals surface area contributed by atoms with Gasteiger partial charge in [0.1, 0.15) is 5.82 Å². The van der Waals surface area contributed by atoms with Crippen LogP contribution in [0.5, 0.6) is 0 Å². The zero-order valence-corrected chi connectivity index (χ0v) is 14.9. The summed E-state index contributed by atoms with van der Waals surface area (Å²) in [5.74, 6) is 2.17. The molecule has 1 N–H and O–H groups in total. The topological polar surface area (TPSA) is 50.7 Å². The number of nitrogens with one attached hydrogen (secondary N) is 1. The maximum absolute atomic E-state index is 4.76. The summed E-state index contributed by atoms with van der Waals surface area (Å²) in [5, 5.41) is 3.38. The number of aromatic nitrogens is 3. The van der Waals surface area contributed by atoms with E-state index in [0.717, 1.165) is 44.8 Å². The van der Waals surface area contributed by atoms with Gasteiger partial charge in [0.2, 0.25) is 0 Å². The number of hydrogen-bond acceptors (Lipinski definition) is 4. The normalized spacial score (nSPS) is 14.2. The smallest absolute Gasteiger partial charge is 0.163 e. The van der Waals surface area contributed by atoms with Crippen LogP contribution in [-0.2, 0) is 0 Å². The van der Waals surface area contributed by atoms with Crippen molar-refractivity contribution < 1.29 is 0 Å². The van der Waals surface area contributed by atoms with E-state index in [9.17, 15) is 0 Å². The summed E-state index contributed by atoms with van der Waals surface area (Å²) in [6.45, 7) is 3.04. The first kappa shape index (κ1) is 14.9. The Kier molecular flexibility index (Phi) is 4.54. The second-order valence-corrected chi connectivity index (χ2v) is 6.90. The zero-order chi connectivity index (χ0) is 14.8. The van der Waals surface area contributed by atoms with E-state index in [4.69, 9.17) is 4.98 Å². The van der Waals surface area contributed by atoms with E-state index in [1.807, 2.05) is 6.07 Å². The molecule has 0 unspecified atom stereocenters. The molecule has 3 rings (SSSR count). The molecule has 6 heteroatoms. The Morgan fingerprint density at radius 2 is 2.05 bits per heavy atom. The van der Waals surface area contributed by atoms with Crippen molar-refractivity contribution >= 4 is 37.7 Å². The predicted molar refractivity (Wildman–Crippen MR) is 91.4 cm³/mol. The van der Waals surface area contributed by atoms with Gasteiger partial charge in [-0.15, -0.1) is 0 Å². The SMILES string of the molecule is CCCNc1nc(-c2cncc(Br)c2)nc(C2CC2)c1Br. The Morgan fingerprint density at radius 3 is 2.71 bits per heavy atom. The molecular weight excluding hydrogens is 396 g/mol. The van der Waals surface area contributed by atoms with Crippen molar-refractivity contribution in [3.8, 4) is 11.4 Å². The quantitative estimate of drug-likeness (QED) is 0.770.